The fourth-order valence-corrected chi connectivity index (χ4v) is 2.68. The van der Waals surface area contributed by atoms with Gasteiger partial charge in [0.2, 0.25) is 0 Å². The van der Waals surface area contributed by atoms with Crippen molar-refractivity contribution >= 4 is 5.82 Å². The predicted molar refractivity (Wildman–Crippen MR) is 77.2 cm³/mol. The van der Waals surface area contributed by atoms with E-state index in [2.05, 4.69) is 11.2 Å². The quantitative estimate of drug-likeness (QED) is 0.912. The van der Waals surface area contributed by atoms with Crippen LogP contribution in [0.3, 0.4) is 0 Å². The Labute approximate surface area is 122 Å². The first-order chi connectivity index (χ1) is 10.3. The highest BCUT2D eigenvalue weighted by Gasteiger charge is 2.26. The molecule has 3 rings (SSSR count). The molecular formula is C15H16N4O2. The van der Waals surface area contributed by atoms with E-state index in [9.17, 15) is 0 Å². The van der Waals surface area contributed by atoms with Gasteiger partial charge >= 0.3 is 0 Å². The fraction of sp³-hybridized carbons (Fsp3) is 0.333. The number of nitriles is 1. The number of methoxy groups -OCH3 is 1. The molecule has 0 aliphatic carbocycles. The summed E-state index contributed by atoms with van der Waals surface area (Å²) >= 11 is 0. The summed E-state index contributed by atoms with van der Waals surface area (Å²) in [5, 5.41) is 13.3. The van der Waals surface area contributed by atoms with E-state index in [1.165, 1.54) is 6.20 Å². The lowest BCUT2D eigenvalue weighted by Crippen LogP contribution is -2.14. The van der Waals surface area contributed by atoms with Crippen LogP contribution in [0.5, 0.6) is 11.5 Å². The molecule has 2 aromatic rings. The van der Waals surface area contributed by atoms with Gasteiger partial charge in [0.1, 0.15) is 17.5 Å². The minimum Gasteiger partial charge on any atom is -0.493 e. The van der Waals surface area contributed by atoms with Gasteiger partial charge in [-0.1, -0.05) is 12.1 Å². The molecule has 1 aliphatic heterocycles. The van der Waals surface area contributed by atoms with Crippen molar-refractivity contribution in [3.8, 4) is 17.6 Å². The molecular weight excluding hydrogens is 268 g/mol. The first-order valence-electron chi connectivity index (χ1n) is 6.79. The van der Waals surface area contributed by atoms with Crippen molar-refractivity contribution in [1.29, 1.82) is 5.26 Å². The second-order valence-corrected chi connectivity index (χ2v) is 4.88. The van der Waals surface area contributed by atoms with E-state index in [0.29, 0.717) is 23.7 Å². The van der Waals surface area contributed by atoms with Crippen molar-refractivity contribution in [1.82, 2.24) is 9.78 Å². The Hall–Kier alpha value is -2.68. The molecule has 0 bridgehead atoms. The van der Waals surface area contributed by atoms with Crippen molar-refractivity contribution in [2.75, 3.05) is 19.5 Å². The second-order valence-electron chi connectivity index (χ2n) is 4.88. The van der Waals surface area contributed by atoms with Crippen LogP contribution in [-0.4, -0.2) is 23.5 Å². The molecule has 1 unspecified atom stereocenters. The number of aromatic nitrogens is 2. The van der Waals surface area contributed by atoms with Gasteiger partial charge in [-0.3, -0.25) is 0 Å². The Morgan fingerprint density at radius 1 is 1.52 bits per heavy atom. The molecule has 2 N–H and O–H groups in total. The van der Waals surface area contributed by atoms with Crippen LogP contribution in [0.4, 0.5) is 5.82 Å². The average molecular weight is 284 g/mol. The van der Waals surface area contributed by atoms with Gasteiger partial charge in [-0.15, -0.1) is 0 Å². The normalized spacial score (nSPS) is 17.2. The zero-order valence-electron chi connectivity index (χ0n) is 11.7. The Morgan fingerprint density at radius 3 is 3.10 bits per heavy atom. The second kappa shape index (κ2) is 5.37. The maximum Gasteiger partial charge on any atom is 0.166 e. The Morgan fingerprint density at radius 2 is 2.38 bits per heavy atom. The van der Waals surface area contributed by atoms with Gasteiger partial charge < -0.3 is 15.2 Å². The molecule has 6 heteroatoms. The summed E-state index contributed by atoms with van der Waals surface area (Å²) in [6, 6.07) is 7.77. The number of ether oxygens (including phenoxy) is 2. The van der Waals surface area contributed by atoms with Gasteiger partial charge in [0.15, 0.2) is 11.5 Å². The first-order valence-corrected chi connectivity index (χ1v) is 6.79. The highest BCUT2D eigenvalue weighted by molar-refractivity contribution is 5.52. The smallest absolute Gasteiger partial charge is 0.166 e. The average Bonchev–Trinajstić information content (AvgIpc) is 2.75. The molecule has 1 aliphatic rings. The summed E-state index contributed by atoms with van der Waals surface area (Å²) < 4.78 is 12.9. The summed E-state index contributed by atoms with van der Waals surface area (Å²) in [6.07, 6.45) is 3.22. The first kappa shape index (κ1) is 13.3. The van der Waals surface area contributed by atoms with Crippen molar-refractivity contribution in [2.45, 2.75) is 18.9 Å². The lowest BCUT2D eigenvalue weighted by molar-refractivity contribution is 0.294. The summed E-state index contributed by atoms with van der Waals surface area (Å²) in [5.74, 6) is 1.82. The number of anilines is 1. The minimum absolute atomic E-state index is 0.0558. The van der Waals surface area contributed by atoms with Gasteiger partial charge in [0.25, 0.3) is 0 Å². The molecule has 21 heavy (non-hydrogen) atoms. The van der Waals surface area contributed by atoms with E-state index in [1.54, 1.807) is 11.8 Å². The SMILES string of the molecule is COc1cccc2c1OCCCC2n1ncc(C#N)c1N. The van der Waals surface area contributed by atoms with Gasteiger partial charge in [0, 0.05) is 5.56 Å². The molecule has 108 valence electrons. The van der Waals surface area contributed by atoms with Crippen molar-refractivity contribution < 1.29 is 9.47 Å². The lowest BCUT2D eigenvalue weighted by Gasteiger charge is -2.19. The third kappa shape index (κ3) is 2.17. The third-order valence-electron chi connectivity index (χ3n) is 3.71. The fourth-order valence-electron chi connectivity index (χ4n) is 2.68. The number of hydrogen-bond donors (Lipinski definition) is 1. The maximum absolute atomic E-state index is 9.04. The summed E-state index contributed by atoms with van der Waals surface area (Å²) in [7, 11) is 1.62. The molecule has 0 fully saturated rings. The number of nitrogens with two attached hydrogens (primary N) is 1. The van der Waals surface area contributed by atoms with Gasteiger partial charge in [-0.05, 0) is 18.9 Å². The standard InChI is InChI=1S/C15H16N4O2/c1-20-13-6-2-4-11-12(5-3-7-21-14(11)13)19-15(17)10(8-16)9-18-19/h2,4,6,9,12H,3,5,7,17H2,1H3. The predicted octanol–water partition coefficient (Wildman–Crippen LogP) is 2.11. The van der Waals surface area contributed by atoms with Crippen molar-refractivity contribution in [3.05, 3.63) is 35.5 Å². The number of para-hydroxylation sites is 1. The van der Waals surface area contributed by atoms with Gasteiger partial charge in [-0.2, -0.15) is 10.4 Å². The number of hydrogen-bond acceptors (Lipinski definition) is 5. The van der Waals surface area contributed by atoms with E-state index in [1.807, 2.05) is 18.2 Å². The maximum atomic E-state index is 9.04. The largest absolute Gasteiger partial charge is 0.493 e. The molecule has 0 radical (unpaired) electrons. The van der Waals surface area contributed by atoms with Crippen molar-refractivity contribution in [3.63, 3.8) is 0 Å². The minimum atomic E-state index is -0.0558. The van der Waals surface area contributed by atoms with Crippen LogP contribution in [0.1, 0.15) is 30.0 Å². The molecule has 0 spiro atoms. The van der Waals surface area contributed by atoms with Gasteiger partial charge in [-0.25, -0.2) is 4.68 Å². The van der Waals surface area contributed by atoms with E-state index in [-0.39, 0.29) is 6.04 Å². The molecule has 1 aromatic heterocycles. The highest BCUT2D eigenvalue weighted by atomic mass is 16.5. The van der Waals surface area contributed by atoms with Crippen LogP contribution in [0.15, 0.2) is 24.4 Å². The molecule has 0 amide bonds. The van der Waals surface area contributed by atoms with E-state index in [0.717, 1.165) is 24.2 Å². The molecule has 0 saturated carbocycles. The van der Waals surface area contributed by atoms with Crippen LogP contribution >= 0.6 is 0 Å². The Kier molecular flexibility index (Phi) is 3.40. The summed E-state index contributed by atoms with van der Waals surface area (Å²) in [5.41, 5.74) is 7.40. The number of benzene rings is 1. The number of nitrogens with zero attached hydrogens (tertiary/aromatic N) is 3. The molecule has 6 nitrogen and oxygen atoms in total. The summed E-state index contributed by atoms with van der Waals surface area (Å²) in [4.78, 5) is 0. The molecule has 1 atom stereocenters. The van der Waals surface area contributed by atoms with Gasteiger partial charge in [0.05, 0.1) is 26.0 Å². The van der Waals surface area contributed by atoms with E-state index < -0.39 is 0 Å². The summed E-state index contributed by atoms with van der Waals surface area (Å²) in [6.45, 7) is 0.621. The topological polar surface area (TPSA) is 86.1 Å². The number of fused-ring (bicyclic) bond motifs is 1. The van der Waals surface area contributed by atoms with E-state index in [4.69, 9.17) is 20.5 Å². The molecule has 2 heterocycles. The van der Waals surface area contributed by atoms with Crippen molar-refractivity contribution in [2.24, 2.45) is 0 Å². The zero-order chi connectivity index (χ0) is 14.8. The monoisotopic (exact) mass is 284 g/mol. The Bertz CT molecular complexity index is 702. The van der Waals surface area contributed by atoms with E-state index >= 15 is 0 Å². The molecule has 0 saturated heterocycles. The van der Waals surface area contributed by atoms with Crippen LogP contribution in [0.2, 0.25) is 0 Å². The zero-order valence-corrected chi connectivity index (χ0v) is 11.7. The third-order valence-corrected chi connectivity index (χ3v) is 3.71. The Balaban J connectivity index is 2.12. The van der Waals surface area contributed by atoms with Crippen LogP contribution < -0.4 is 15.2 Å². The molecule has 1 aromatic carbocycles. The number of nitrogen functional groups attached to an aromatic ring is 1. The number of rotatable bonds is 2. The van der Waals surface area contributed by atoms with Crippen LogP contribution in [-0.2, 0) is 0 Å². The van der Waals surface area contributed by atoms with Crippen LogP contribution in [0, 0.1) is 11.3 Å². The van der Waals surface area contributed by atoms with Crippen LogP contribution in [0.25, 0.3) is 0 Å². The highest BCUT2D eigenvalue weighted by Crippen LogP contribution is 2.40. The lowest BCUT2D eigenvalue weighted by atomic mass is 10.0.